The zero-order valence-corrected chi connectivity index (χ0v) is 8.08. The van der Waals surface area contributed by atoms with Gasteiger partial charge in [0.1, 0.15) is 5.75 Å². The quantitative estimate of drug-likeness (QED) is 0.365. The molecule has 0 amide bonds. The van der Waals surface area contributed by atoms with E-state index in [0.717, 1.165) is 0 Å². The number of nitrogens with two attached hydrogens (primary N) is 1. The summed E-state index contributed by atoms with van der Waals surface area (Å²) in [7, 11) is 0. The largest absolute Gasteiger partial charge is 0.433 e. The van der Waals surface area contributed by atoms with E-state index in [-0.39, 0.29) is 16.6 Å². The van der Waals surface area contributed by atoms with Crippen molar-refractivity contribution in [2.45, 2.75) is 6.61 Å². The molecule has 0 aliphatic carbocycles. The SMILES string of the molecule is N/C(=N/O)c1ccc(OC(F)F)c(Cl)c1. The van der Waals surface area contributed by atoms with Gasteiger partial charge in [-0.25, -0.2) is 0 Å². The standard InChI is InChI=1S/C8H7ClF2N2O2/c9-5-3-4(7(12)13-14)1-2-6(5)15-8(10)11/h1-3,8,14H,(H2,12,13). The summed E-state index contributed by atoms with van der Waals surface area (Å²) in [5.41, 5.74) is 5.58. The molecule has 0 heterocycles. The molecule has 0 radical (unpaired) electrons. The minimum Gasteiger partial charge on any atom is -0.433 e. The number of oxime groups is 1. The summed E-state index contributed by atoms with van der Waals surface area (Å²) >= 11 is 5.62. The molecule has 0 unspecified atom stereocenters. The molecule has 0 aliphatic rings. The van der Waals surface area contributed by atoms with E-state index in [0.29, 0.717) is 5.56 Å². The van der Waals surface area contributed by atoms with E-state index in [2.05, 4.69) is 9.89 Å². The molecule has 0 aliphatic heterocycles. The molecule has 1 aromatic rings. The Balaban J connectivity index is 2.98. The average Bonchev–Trinajstić information content (AvgIpc) is 2.19. The predicted molar refractivity (Wildman–Crippen MR) is 50.6 cm³/mol. The van der Waals surface area contributed by atoms with Crippen molar-refractivity contribution in [2.24, 2.45) is 10.9 Å². The summed E-state index contributed by atoms with van der Waals surface area (Å²) in [6, 6.07) is 3.81. The molecular formula is C8H7ClF2N2O2. The topological polar surface area (TPSA) is 67.8 Å². The fraction of sp³-hybridized carbons (Fsp3) is 0.125. The van der Waals surface area contributed by atoms with Crippen molar-refractivity contribution in [3.63, 3.8) is 0 Å². The van der Waals surface area contributed by atoms with E-state index in [9.17, 15) is 8.78 Å². The monoisotopic (exact) mass is 236 g/mol. The Hall–Kier alpha value is -1.56. The van der Waals surface area contributed by atoms with Gasteiger partial charge in [-0.2, -0.15) is 8.78 Å². The van der Waals surface area contributed by atoms with E-state index >= 15 is 0 Å². The summed E-state index contributed by atoms with van der Waals surface area (Å²) in [5, 5.41) is 11.1. The molecule has 0 bridgehead atoms. The van der Waals surface area contributed by atoms with Crippen molar-refractivity contribution in [3.8, 4) is 5.75 Å². The zero-order valence-electron chi connectivity index (χ0n) is 7.32. The summed E-state index contributed by atoms with van der Waals surface area (Å²) in [4.78, 5) is 0. The smallest absolute Gasteiger partial charge is 0.387 e. The number of hydrogen-bond donors (Lipinski definition) is 2. The molecule has 0 saturated carbocycles. The fourth-order valence-electron chi connectivity index (χ4n) is 0.909. The highest BCUT2D eigenvalue weighted by Crippen LogP contribution is 2.26. The van der Waals surface area contributed by atoms with E-state index in [1.54, 1.807) is 0 Å². The van der Waals surface area contributed by atoms with Gasteiger partial charge in [-0.15, -0.1) is 0 Å². The average molecular weight is 237 g/mol. The van der Waals surface area contributed by atoms with Crippen molar-refractivity contribution in [1.29, 1.82) is 0 Å². The maximum absolute atomic E-state index is 11.9. The third kappa shape index (κ3) is 2.95. The second kappa shape index (κ2) is 4.79. The highest BCUT2D eigenvalue weighted by molar-refractivity contribution is 6.32. The third-order valence-corrected chi connectivity index (χ3v) is 1.85. The molecule has 0 fully saturated rings. The predicted octanol–water partition coefficient (Wildman–Crippen LogP) is 2.04. The van der Waals surface area contributed by atoms with Gasteiger partial charge >= 0.3 is 6.61 Å². The van der Waals surface area contributed by atoms with Crippen molar-refractivity contribution in [2.75, 3.05) is 0 Å². The van der Waals surface area contributed by atoms with E-state index < -0.39 is 6.61 Å². The van der Waals surface area contributed by atoms with Gasteiger partial charge in [0.2, 0.25) is 0 Å². The first kappa shape index (κ1) is 11.5. The summed E-state index contributed by atoms with van der Waals surface area (Å²) in [6.07, 6.45) is 0. The molecule has 1 aromatic carbocycles. The first-order valence-corrected chi connectivity index (χ1v) is 4.14. The van der Waals surface area contributed by atoms with Gasteiger partial charge < -0.3 is 15.7 Å². The van der Waals surface area contributed by atoms with Crippen LogP contribution in [0.15, 0.2) is 23.4 Å². The first-order chi connectivity index (χ1) is 7.04. The highest BCUT2D eigenvalue weighted by Gasteiger charge is 2.10. The Morgan fingerprint density at radius 3 is 2.67 bits per heavy atom. The second-order valence-corrected chi connectivity index (χ2v) is 2.92. The number of rotatable bonds is 3. The molecule has 82 valence electrons. The summed E-state index contributed by atoms with van der Waals surface area (Å²) < 4.78 is 27.8. The molecule has 3 N–H and O–H groups in total. The van der Waals surface area contributed by atoms with Crippen molar-refractivity contribution in [3.05, 3.63) is 28.8 Å². The number of alkyl halides is 2. The number of ether oxygens (including phenoxy) is 1. The van der Waals surface area contributed by atoms with Crippen LogP contribution in [0.3, 0.4) is 0 Å². The van der Waals surface area contributed by atoms with Crippen LogP contribution in [0.1, 0.15) is 5.56 Å². The maximum Gasteiger partial charge on any atom is 0.387 e. The van der Waals surface area contributed by atoms with Gasteiger partial charge in [0.15, 0.2) is 5.84 Å². The van der Waals surface area contributed by atoms with E-state index in [1.165, 1.54) is 18.2 Å². The van der Waals surface area contributed by atoms with Gasteiger partial charge in [-0.05, 0) is 18.2 Å². The summed E-state index contributed by atoms with van der Waals surface area (Å²) in [5.74, 6) is -0.332. The normalized spacial score (nSPS) is 11.9. The third-order valence-electron chi connectivity index (χ3n) is 1.55. The van der Waals surface area contributed by atoms with E-state index in [4.69, 9.17) is 22.5 Å². The Morgan fingerprint density at radius 1 is 1.53 bits per heavy atom. The molecule has 4 nitrogen and oxygen atoms in total. The number of amidine groups is 1. The number of hydrogen-bond acceptors (Lipinski definition) is 3. The molecule has 0 spiro atoms. The lowest BCUT2D eigenvalue weighted by atomic mass is 10.2. The molecular weight excluding hydrogens is 230 g/mol. The van der Waals surface area contributed by atoms with E-state index in [1.807, 2.05) is 0 Å². The van der Waals surface area contributed by atoms with Crippen LogP contribution in [-0.4, -0.2) is 17.7 Å². The van der Waals surface area contributed by atoms with Gasteiger partial charge in [-0.3, -0.25) is 0 Å². The maximum atomic E-state index is 11.9. The lowest BCUT2D eigenvalue weighted by Crippen LogP contribution is -2.13. The van der Waals surface area contributed by atoms with Crippen LogP contribution in [0.5, 0.6) is 5.75 Å². The molecule has 7 heteroatoms. The zero-order chi connectivity index (χ0) is 11.4. The van der Waals surface area contributed by atoms with Crippen LogP contribution in [-0.2, 0) is 0 Å². The van der Waals surface area contributed by atoms with Gasteiger partial charge in [0.25, 0.3) is 0 Å². The van der Waals surface area contributed by atoms with Crippen LogP contribution >= 0.6 is 11.6 Å². The van der Waals surface area contributed by atoms with Crippen LogP contribution in [0.25, 0.3) is 0 Å². The number of halogens is 3. The Labute approximate surface area is 88.9 Å². The van der Waals surface area contributed by atoms with Crippen LogP contribution in [0, 0.1) is 0 Å². The lowest BCUT2D eigenvalue weighted by Gasteiger charge is -2.07. The van der Waals surface area contributed by atoms with Gasteiger partial charge in [0, 0.05) is 5.56 Å². The molecule has 0 atom stereocenters. The van der Waals surface area contributed by atoms with Gasteiger partial charge in [-0.1, -0.05) is 16.8 Å². The lowest BCUT2D eigenvalue weighted by molar-refractivity contribution is -0.0497. The van der Waals surface area contributed by atoms with Crippen LogP contribution < -0.4 is 10.5 Å². The Kier molecular flexibility index (Phi) is 3.68. The molecule has 0 aromatic heterocycles. The second-order valence-electron chi connectivity index (χ2n) is 2.51. The minimum atomic E-state index is -2.95. The Bertz CT molecular complexity index is 385. The van der Waals surface area contributed by atoms with Crippen LogP contribution in [0.4, 0.5) is 8.78 Å². The highest BCUT2D eigenvalue weighted by atomic mass is 35.5. The number of nitrogens with zero attached hydrogens (tertiary/aromatic N) is 1. The van der Waals surface area contributed by atoms with Crippen molar-refractivity contribution >= 4 is 17.4 Å². The fourth-order valence-corrected chi connectivity index (χ4v) is 1.13. The minimum absolute atomic E-state index is 0.0422. The van der Waals surface area contributed by atoms with Gasteiger partial charge in [0.05, 0.1) is 5.02 Å². The Morgan fingerprint density at radius 2 is 2.20 bits per heavy atom. The summed E-state index contributed by atoms with van der Waals surface area (Å²) in [6.45, 7) is -2.95. The first-order valence-electron chi connectivity index (χ1n) is 3.77. The van der Waals surface area contributed by atoms with Crippen molar-refractivity contribution in [1.82, 2.24) is 0 Å². The number of benzene rings is 1. The van der Waals surface area contributed by atoms with Crippen LogP contribution in [0.2, 0.25) is 5.02 Å². The van der Waals surface area contributed by atoms with Crippen molar-refractivity contribution < 1.29 is 18.7 Å². The molecule has 0 saturated heterocycles. The molecule has 1 rings (SSSR count). The molecule has 15 heavy (non-hydrogen) atoms.